The van der Waals surface area contributed by atoms with Crippen LogP contribution in [-0.2, 0) is 14.6 Å². The molecule has 0 N–H and O–H groups in total. The summed E-state index contributed by atoms with van der Waals surface area (Å²) in [6, 6.07) is 10.0. The van der Waals surface area contributed by atoms with E-state index in [9.17, 15) is 23.3 Å². The Morgan fingerprint density at radius 1 is 1.00 bits per heavy atom. The number of nitrogens with zero attached hydrogens (tertiary/aromatic N) is 1. The molecule has 0 amide bonds. The first-order valence-electron chi connectivity index (χ1n) is 8.73. The molecule has 2 aromatic rings. The molecule has 2 aromatic carbocycles. The van der Waals surface area contributed by atoms with Crippen molar-refractivity contribution in [2.45, 2.75) is 18.2 Å². The van der Waals surface area contributed by atoms with Gasteiger partial charge in [-0.1, -0.05) is 6.92 Å². The molecular formula is C19H21NO8S. The maximum Gasteiger partial charge on any atom is 0.338 e. The molecule has 0 atom stereocenters. The molecule has 0 heterocycles. The van der Waals surface area contributed by atoms with Gasteiger partial charge in [-0.15, -0.1) is 0 Å². The van der Waals surface area contributed by atoms with Crippen LogP contribution in [0.1, 0.15) is 23.7 Å². The molecule has 0 radical (unpaired) electrons. The van der Waals surface area contributed by atoms with E-state index in [1.807, 2.05) is 6.92 Å². The van der Waals surface area contributed by atoms with Crippen molar-refractivity contribution in [3.63, 3.8) is 0 Å². The number of carbonyl (C=O) groups is 1. The lowest BCUT2D eigenvalue weighted by Crippen LogP contribution is -2.13. The highest BCUT2D eigenvalue weighted by Crippen LogP contribution is 2.25. The third-order valence-corrected chi connectivity index (χ3v) is 4.82. The minimum atomic E-state index is -3.80. The van der Waals surface area contributed by atoms with Gasteiger partial charge in [-0.25, -0.2) is 13.2 Å². The van der Waals surface area contributed by atoms with Crippen molar-refractivity contribution < 1.29 is 32.3 Å². The number of rotatable bonds is 10. The van der Waals surface area contributed by atoms with E-state index < -0.39 is 31.3 Å². The molecule has 0 saturated heterocycles. The topological polar surface area (TPSA) is 122 Å². The Balaban J connectivity index is 1.91. The lowest BCUT2D eigenvalue weighted by molar-refractivity contribution is -0.387. The van der Waals surface area contributed by atoms with Gasteiger partial charge in [0.2, 0.25) is 0 Å². The Kier molecular flexibility index (Phi) is 7.54. The molecule has 0 aromatic heterocycles. The van der Waals surface area contributed by atoms with E-state index in [2.05, 4.69) is 0 Å². The van der Waals surface area contributed by atoms with Crippen LogP contribution in [0, 0.1) is 10.1 Å². The monoisotopic (exact) mass is 423 g/mol. The van der Waals surface area contributed by atoms with Gasteiger partial charge in [0.25, 0.3) is 5.69 Å². The Hall–Kier alpha value is -3.14. The summed E-state index contributed by atoms with van der Waals surface area (Å²) in [4.78, 5) is 21.9. The smallest absolute Gasteiger partial charge is 0.338 e. The lowest BCUT2D eigenvalue weighted by atomic mass is 10.2. The van der Waals surface area contributed by atoms with Gasteiger partial charge >= 0.3 is 5.97 Å². The maximum atomic E-state index is 12.1. The number of benzene rings is 2. The summed E-state index contributed by atoms with van der Waals surface area (Å²) >= 11 is 0. The fourth-order valence-electron chi connectivity index (χ4n) is 2.33. The molecule has 10 heteroatoms. The summed E-state index contributed by atoms with van der Waals surface area (Å²) in [5.41, 5.74) is -0.801. The highest BCUT2D eigenvalue weighted by atomic mass is 32.2. The summed E-state index contributed by atoms with van der Waals surface area (Å²) in [6.45, 7) is 2.62. The quantitative estimate of drug-likeness (QED) is 0.247. The summed E-state index contributed by atoms with van der Waals surface area (Å²) in [7, 11) is -3.80. The summed E-state index contributed by atoms with van der Waals surface area (Å²) in [5, 5.41) is 11.1. The maximum absolute atomic E-state index is 12.1. The zero-order valence-corrected chi connectivity index (χ0v) is 16.8. The first kappa shape index (κ1) is 22.2. The average molecular weight is 423 g/mol. The van der Waals surface area contributed by atoms with Gasteiger partial charge in [0, 0.05) is 12.3 Å². The second-order valence-electron chi connectivity index (χ2n) is 6.02. The van der Waals surface area contributed by atoms with E-state index >= 15 is 0 Å². The average Bonchev–Trinajstić information content (AvgIpc) is 2.69. The van der Waals surface area contributed by atoms with Crippen molar-refractivity contribution in [1.29, 1.82) is 0 Å². The van der Waals surface area contributed by atoms with Crippen LogP contribution in [0.4, 0.5) is 5.69 Å². The standard InChI is InChI=1S/C19H21NO8S/c1-3-10-26-15-5-7-16(8-6-15)27-11-12-28-19(21)14-4-9-18(29(2,24)25)17(13-14)20(22)23/h4-9,13H,3,10-12H2,1-2H3. The molecule has 0 aliphatic carbocycles. The third kappa shape index (κ3) is 6.46. The van der Waals surface area contributed by atoms with E-state index in [4.69, 9.17) is 14.2 Å². The van der Waals surface area contributed by atoms with Crippen molar-refractivity contribution in [1.82, 2.24) is 0 Å². The number of sulfone groups is 1. The number of nitro benzene ring substituents is 1. The fraction of sp³-hybridized carbons (Fsp3) is 0.316. The van der Waals surface area contributed by atoms with E-state index in [0.717, 1.165) is 30.6 Å². The summed E-state index contributed by atoms with van der Waals surface area (Å²) in [6.07, 6.45) is 1.76. The summed E-state index contributed by atoms with van der Waals surface area (Å²) < 4.78 is 39.2. The van der Waals surface area contributed by atoms with Crippen LogP contribution < -0.4 is 9.47 Å². The predicted molar refractivity (Wildman–Crippen MR) is 104 cm³/mol. The van der Waals surface area contributed by atoms with Crippen molar-refractivity contribution in [2.75, 3.05) is 26.1 Å². The molecule has 0 unspecified atom stereocenters. The van der Waals surface area contributed by atoms with Gasteiger partial charge in [-0.05, 0) is 42.8 Å². The Bertz CT molecular complexity index is 970. The molecule has 0 bridgehead atoms. The SMILES string of the molecule is CCCOc1ccc(OCCOC(=O)c2ccc(S(C)(=O)=O)c([N+](=O)[O-])c2)cc1. The van der Waals surface area contributed by atoms with E-state index in [-0.39, 0.29) is 18.8 Å². The van der Waals surface area contributed by atoms with E-state index in [0.29, 0.717) is 12.4 Å². The van der Waals surface area contributed by atoms with E-state index in [1.165, 1.54) is 6.07 Å². The number of hydrogen-bond acceptors (Lipinski definition) is 8. The van der Waals surface area contributed by atoms with Crippen LogP contribution in [0.5, 0.6) is 11.5 Å². The Morgan fingerprint density at radius 2 is 1.59 bits per heavy atom. The predicted octanol–water partition coefficient (Wildman–Crippen LogP) is 3.02. The van der Waals surface area contributed by atoms with Crippen LogP contribution in [0.25, 0.3) is 0 Å². The van der Waals surface area contributed by atoms with Crippen LogP contribution >= 0.6 is 0 Å². The lowest BCUT2D eigenvalue weighted by Gasteiger charge is -2.09. The van der Waals surface area contributed by atoms with Gasteiger partial charge in [0.15, 0.2) is 9.84 Å². The minimum absolute atomic E-state index is 0.0738. The zero-order valence-electron chi connectivity index (χ0n) is 16.0. The van der Waals surface area contributed by atoms with Crippen molar-refractivity contribution in [3.8, 4) is 11.5 Å². The number of hydrogen-bond donors (Lipinski definition) is 0. The highest BCUT2D eigenvalue weighted by Gasteiger charge is 2.24. The van der Waals surface area contributed by atoms with Gasteiger partial charge in [0.05, 0.1) is 17.1 Å². The zero-order chi connectivity index (χ0) is 21.4. The van der Waals surface area contributed by atoms with Crippen LogP contribution in [0.15, 0.2) is 47.4 Å². The Morgan fingerprint density at radius 3 is 2.10 bits per heavy atom. The number of esters is 1. The minimum Gasteiger partial charge on any atom is -0.494 e. The van der Waals surface area contributed by atoms with Crippen molar-refractivity contribution >= 4 is 21.5 Å². The second-order valence-corrected chi connectivity index (χ2v) is 8.00. The van der Waals surface area contributed by atoms with Crippen LogP contribution in [0.3, 0.4) is 0 Å². The molecule has 156 valence electrons. The van der Waals surface area contributed by atoms with Gasteiger partial charge in [-0.3, -0.25) is 10.1 Å². The third-order valence-electron chi connectivity index (χ3n) is 3.67. The first-order valence-corrected chi connectivity index (χ1v) is 10.6. The molecular weight excluding hydrogens is 402 g/mol. The molecule has 0 aliphatic rings. The largest absolute Gasteiger partial charge is 0.494 e. The molecule has 0 saturated carbocycles. The Labute approximate surface area is 168 Å². The van der Waals surface area contributed by atoms with Crippen molar-refractivity contribution in [3.05, 3.63) is 58.1 Å². The fourth-order valence-corrected chi connectivity index (χ4v) is 3.16. The van der Waals surface area contributed by atoms with Gasteiger partial charge < -0.3 is 14.2 Å². The molecule has 0 aliphatic heterocycles. The molecule has 0 spiro atoms. The van der Waals surface area contributed by atoms with E-state index in [1.54, 1.807) is 24.3 Å². The number of nitro groups is 1. The molecule has 29 heavy (non-hydrogen) atoms. The normalized spacial score (nSPS) is 11.0. The molecule has 9 nitrogen and oxygen atoms in total. The first-order chi connectivity index (χ1) is 13.7. The molecule has 0 fully saturated rings. The highest BCUT2D eigenvalue weighted by molar-refractivity contribution is 7.90. The van der Waals surface area contributed by atoms with Crippen LogP contribution in [0.2, 0.25) is 0 Å². The van der Waals surface area contributed by atoms with Gasteiger partial charge in [0.1, 0.15) is 29.6 Å². The second kappa shape index (κ2) is 9.87. The summed E-state index contributed by atoms with van der Waals surface area (Å²) in [5.74, 6) is 0.475. The number of carbonyl (C=O) groups excluding carboxylic acids is 1. The molecule has 2 rings (SSSR count). The number of ether oxygens (including phenoxy) is 3. The van der Waals surface area contributed by atoms with Crippen molar-refractivity contribution in [2.24, 2.45) is 0 Å². The van der Waals surface area contributed by atoms with Crippen LogP contribution in [-0.4, -0.2) is 45.4 Å². The van der Waals surface area contributed by atoms with Gasteiger partial charge in [-0.2, -0.15) is 0 Å².